The van der Waals surface area contributed by atoms with E-state index in [1.54, 1.807) is 0 Å². The minimum absolute atomic E-state index is 0.834. The van der Waals surface area contributed by atoms with Gasteiger partial charge in [-0.2, -0.15) is 0 Å². The van der Waals surface area contributed by atoms with Crippen LogP contribution in [0.5, 0.6) is 0 Å². The number of esters is 1. The van der Waals surface area contributed by atoms with E-state index in [-0.39, 0.29) is 0 Å². The third-order valence-corrected chi connectivity index (χ3v) is 3.10. The zero-order valence-corrected chi connectivity index (χ0v) is 9.87. The van der Waals surface area contributed by atoms with Gasteiger partial charge in [0.2, 0.25) is 6.17 Å². The van der Waals surface area contributed by atoms with Crippen LogP contribution >= 0.6 is 11.8 Å². The summed E-state index contributed by atoms with van der Waals surface area (Å²) in [7, 11) is 2.50. The predicted octanol–water partition coefficient (Wildman–Crippen LogP) is 2.26. The summed E-state index contributed by atoms with van der Waals surface area (Å²) in [6, 6.07) is 9.17. The zero-order chi connectivity index (χ0) is 12.0. The monoisotopic (exact) mass is 244 g/mol. The van der Waals surface area contributed by atoms with Crippen molar-refractivity contribution in [3.8, 4) is 0 Å². The third-order valence-electron chi connectivity index (χ3n) is 1.89. The Labute approximate surface area is 97.9 Å². The molecule has 0 spiro atoms. The van der Waals surface area contributed by atoms with Gasteiger partial charge in [0.25, 0.3) is 0 Å². The van der Waals surface area contributed by atoms with Gasteiger partial charge in [-0.05, 0) is 12.1 Å². The Bertz CT molecular complexity index is 331. The van der Waals surface area contributed by atoms with Crippen LogP contribution in [-0.4, -0.2) is 31.8 Å². The second-order valence-corrected chi connectivity index (χ2v) is 4.13. The lowest BCUT2D eigenvalue weighted by molar-refractivity contribution is -0.149. The molecule has 0 aliphatic rings. The van der Waals surface area contributed by atoms with Crippen molar-refractivity contribution < 1.29 is 18.7 Å². The van der Waals surface area contributed by atoms with Crippen molar-refractivity contribution in [3.63, 3.8) is 0 Å². The fourth-order valence-corrected chi connectivity index (χ4v) is 1.99. The minimum atomic E-state index is -1.79. The lowest BCUT2D eigenvalue weighted by Crippen LogP contribution is -2.30. The highest BCUT2D eigenvalue weighted by molar-refractivity contribution is 7.99. The van der Waals surface area contributed by atoms with E-state index < -0.39 is 17.6 Å². The van der Waals surface area contributed by atoms with E-state index in [0.29, 0.717) is 0 Å². The first-order valence-electron chi connectivity index (χ1n) is 4.65. The molecular weight excluding hydrogens is 231 g/mol. The number of carbonyl (C=O) groups is 1. The smallest absolute Gasteiger partial charge is 0.344 e. The van der Waals surface area contributed by atoms with E-state index in [1.807, 2.05) is 30.3 Å². The normalized spacial score (nSPS) is 14.2. The van der Waals surface area contributed by atoms with E-state index in [1.165, 1.54) is 7.11 Å². The maximum absolute atomic E-state index is 13.5. The van der Waals surface area contributed by atoms with Crippen LogP contribution in [0, 0.1) is 0 Å². The molecule has 0 bridgehead atoms. The average Bonchev–Trinajstić information content (AvgIpc) is 2.35. The standard InChI is InChI=1S/C11H13FO3S/c1-14-10(13)9(12)11(15-2)16-8-6-4-3-5-7-8/h3-7,9,11H,1-2H3. The number of alkyl halides is 1. The summed E-state index contributed by atoms with van der Waals surface area (Å²) in [5, 5.41) is 0. The largest absolute Gasteiger partial charge is 0.467 e. The molecule has 0 N–H and O–H groups in total. The van der Waals surface area contributed by atoms with Crippen molar-refractivity contribution in [1.29, 1.82) is 0 Å². The van der Waals surface area contributed by atoms with Crippen molar-refractivity contribution in [1.82, 2.24) is 0 Å². The van der Waals surface area contributed by atoms with Gasteiger partial charge in [-0.3, -0.25) is 0 Å². The summed E-state index contributed by atoms with van der Waals surface area (Å²) >= 11 is 1.14. The Morgan fingerprint density at radius 2 is 1.94 bits per heavy atom. The van der Waals surface area contributed by atoms with Crippen LogP contribution in [0.25, 0.3) is 0 Å². The van der Waals surface area contributed by atoms with Gasteiger partial charge in [0.15, 0.2) is 0 Å². The first kappa shape index (κ1) is 13.0. The molecule has 0 radical (unpaired) electrons. The molecule has 0 fully saturated rings. The number of hydrogen-bond acceptors (Lipinski definition) is 4. The molecule has 2 unspecified atom stereocenters. The van der Waals surface area contributed by atoms with E-state index in [0.717, 1.165) is 23.8 Å². The molecule has 2 atom stereocenters. The molecule has 1 aromatic rings. The van der Waals surface area contributed by atoms with E-state index in [4.69, 9.17) is 4.74 Å². The van der Waals surface area contributed by atoms with Gasteiger partial charge in [-0.25, -0.2) is 9.18 Å². The van der Waals surface area contributed by atoms with Crippen molar-refractivity contribution in [2.45, 2.75) is 16.5 Å². The molecular formula is C11H13FO3S. The van der Waals surface area contributed by atoms with Crippen molar-refractivity contribution in [3.05, 3.63) is 30.3 Å². The Balaban J connectivity index is 2.65. The maximum atomic E-state index is 13.5. The van der Waals surface area contributed by atoms with Crippen molar-refractivity contribution in [2.24, 2.45) is 0 Å². The highest BCUT2D eigenvalue weighted by atomic mass is 32.2. The first-order valence-corrected chi connectivity index (χ1v) is 5.53. The Morgan fingerprint density at radius 1 is 1.31 bits per heavy atom. The van der Waals surface area contributed by atoms with Gasteiger partial charge >= 0.3 is 5.97 Å². The summed E-state index contributed by atoms with van der Waals surface area (Å²) in [5.41, 5.74) is -0.894. The Morgan fingerprint density at radius 3 is 2.44 bits per heavy atom. The molecule has 0 saturated carbocycles. The third kappa shape index (κ3) is 3.50. The zero-order valence-electron chi connectivity index (χ0n) is 9.05. The number of rotatable bonds is 5. The van der Waals surface area contributed by atoms with Crippen LogP contribution in [-0.2, 0) is 14.3 Å². The van der Waals surface area contributed by atoms with E-state index in [2.05, 4.69) is 4.74 Å². The Kier molecular flexibility index (Phi) is 5.28. The summed E-state index contributed by atoms with van der Waals surface area (Å²) in [5.74, 6) is -0.921. The molecule has 1 aromatic carbocycles. The second kappa shape index (κ2) is 6.50. The number of benzene rings is 1. The van der Waals surface area contributed by atoms with Crippen molar-refractivity contribution in [2.75, 3.05) is 14.2 Å². The molecule has 0 aliphatic carbocycles. The molecule has 16 heavy (non-hydrogen) atoms. The van der Waals surface area contributed by atoms with Crippen LogP contribution in [0.15, 0.2) is 35.2 Å². The fourth-order valence-electron chi connectivity index (χ4n) is 1.08. The topological polar surface area (TPSA) is 35.5 Å². The first-order chi connectivity index (χ1) is 7.69. The molecule has 0 aromatic heterocycles. The van der Waals surface area contributed by atoms with Gasteiger partial charge in [0.05, 0.1) is 7.11 Å². The summed E-state index contributed by atoms with van der Waals surface area (Å²) in [6.07, 6.45) is -1.79. The number of thioether (sulfide) groups is 1. The quantitative estimate of drug-likeness (QED) is 0.452. The van der Waals surface area contributed by atoms with Crippen LogP contribution in [0.1, 0.15) is 0 Å². The molecule has 3 nitrogen and oxygen atoms in total. The molecule has 0 amide bonds. The number of ether oxygens (including phenoxy) is 2. The minimum Gasteiger partial charge on any atom is -0.467 e. The summed E-state index contributed by atoms with van der Waals surface area (Å²) < 4.78 is 22.8. The molecule has 0 saturated heterocycles. The summed E-state index contributed by atoms with van der Waals surface area (Å²) in [6.45, 7) is 0. The average molecular weight is 244 g/mol. The van der Waals surface area contributed by atoms with Crippen LogP contribution < -0.4 is 0 Å². The lowest BCUT2D eigenvalue weighted by atomic mass is 10.4. The van der Waals surface area contributed by atoms with Gasteiger partial charge < -0.3 is 9.47 Å². The Hall–Kier alpha value is -1.07. The predicted molar refractivity (Wildman–Crippen MR) is 60.0 cm³/mol. The van der Waals surface area contributed by atoms with Gasteiger partial charge in [0.1, 0.15) is 5.44 Å². The molecule has 0 heterocycles. The van der Waals surface area contributed by atoms with Crippen LogP contribution in [0.3, 0.4) is 0 Å². The molecule has 5 heteroatoms. The van der Waals surface area contributed by atoms with Crippen molar-refractivity contribution >= 4 is 17.7 Å². The van der Waals surface area contributed by atoms with E-state index >= 15 is 0 Å². The van der Waals surface area contributed by atoms with Gasteiger partial charge in [-0.1, -0.05) is 30.0 Å². The number of halogens is 1. The SMILES string of the molecule is COC(=O)C(F)C(OC)Sc1ccccc1. The van der Waals surface area contributed by atoms with Crippen LogP contribution in [0.2, 0.25) is 0 Å². The van der Waals surface area contributed by atoms with E-state index in [9.17, 15) is 9.18 Å². The summed E-state index contributed by atoms with van der Waals surface area (Å²) in [4.78, 5) is 11.8. The lowest BCUT2D eigenvalue weighted by Gasteiger charge is -2.17. The second-order valence-electron chi connectivity index (χ2n) is 2.96. The van der Waals surface area contributed by atoms with Gasteiger partial charge in [0, 0.05) is 12.0 Å². The maximum Gasteiger partial charge on any atom is 0.344 e. The molecule has 0 aliphatic heterocycles. The number of methoxy groups -OCH3 is 2. The van der Waals surface area contributed by atoms with Crippen LogP contribution in [0.4, 0.5) is 4.39 Å². The number of carbonyl (C=O) groups excluding carboxylic acids is 1. The molecule has 1 rings (SSSR count). The highest BCUT2D eigenvalue weighted by Gasteiger charge is 2.29. The molecule has 88 valence electrons. The van der Waals surface area contributed by atoms with Gasteiger partial charge in [-0.15, -0.1) is 0 Å². The number of hydrogen-bond donors (Lipinski definition) is 0. The highest BCUT2D eigenvalue weighted by Crippen LogP contribution is 2.27. The fraction of sp³-hybridized carbons (Fsp3) is 0.364.